The van der Waals surface area contributed by atoms with E-state index in [2.05, 4.69) is 9.73 Å². The molecule has 1 aliphatic heterocycles. The summed E-state index contributed by atoms with van der Waals surface area (Å²) in [5.41, 5.74) is 0.348. The third-order valence-corrected chi connectivity index (χ3v) is 2.66. The topological polar surface area (TPSA) is 55.7 Å². The molecule has 88 valence electrons. The van der Waals surface area contributed by atoms with Crippen LogP contribution in [0.1, 0.15) is 6.92 Å². The predicted molar refractivity (Wildman–Crippen MR) is 62.1 cm³/mol. The van der Waals surface area contributed by atoms with Crippen LogP contribution >= 0.6 is 11.6 Å². The van der Waals surface area contributed by atoms with E-state index in [-0.39, 0.29) is 13.2 Å². The number of hydrogen-bond acceptors (Lipinski definition) is 4. The van der Waals surface area contributed by atoms with Crippen molar-refractivity contribution in [2.45, 2.75) is 6.92 Å². The van der Waals surface area contributed by atoms with E-state index in [1.54, 1.807) is 25.1 Å². The summed E-state index contributed by atoms with van der Waals surface area (Å²) >= 11 is 5.85. The van der Waals surface area contributed by atoms with Crippen LogP contribution < -0.4 is 10.6 Å². The Morgan fingerprint density at radius 2 is 2.24 bits per heavy atom. The van der Waals surface area contributed by atoms with Gasteiger partial charge in [0.05, 0.1) is 18.5 Å². The largest absolute Gasteiger partial charge is 0.460 e. The van der Waals surface area contributed by atoms with Crippen LogP contribution in [-0.2, 0) is 14.3 Å². The molecule has 0 aromatic heterocycles. The molecule has 0 fully saturated rings. The van der Waals surface area contributed by atoms with Gasteiger partial charge < -0.3 is 4.74 Å². The summed E-state index contributed by atoms with van der Waals surface area (Å²) < 4.78 is 4.68. The number of nitrogens with zero attached hydrogens (tertiary/aromatic N) is 1. The van der Waals surface area contributed by atoms with Crippen molar-refractivity contribution in [1.29, 1.82) is 0 Å². The van der Waals surface area contributed by atoms with Crippen molar-refractivity contribution in [3.05, 3.63) is 33.8 Å². The zero-order valence-corrected chi connectivity index (χ0v) is 9.95. The van der Waals surface area contributed by atoms with Crippen LogP contribution in [-0.4, -0.2) is 24.9 Å². The molecular weight excluding hydrogens is 242 g/mol. The summed E-state index contributed by atoms with van der Waals surface area (Å²) in [7, 11) is 0. The molecule has 5 heteroatoms. The molecule has 0 saturated heterocycles. The molecule has 0 aliphatic carbocycles. The molecule has 0 N–H and O–H groups in total. The SMILES string of the molecule is CCOC(=O)C(=O)C1=c2cc(Cl)ccc2=NC1. The van der Waals surface area contributed by atoms with Crippen LogP contribution in [0.2, 0.25) is 5.02 Å². The number of esters is 1. The number of hydrogen-bond donors (Lipinski definition) is 0. The van der Waals surface area contributed by atoms with Gasteiger partial charge in [-0.3, -0.25) is 9.79 Å². The molecule has 0 radical (unpaired) electrons. The third kappa shape index (κ3) is 2.22. The number of ether oxygens (including phenoxy) is 1. The Balaban J connectivity index is 2.48. The number of benzene rings is 1. The number of halogens is 1. The molecule has 1 heterocycles. The van der Waals surface area contributed by atoms with Gasteiger partial charge >= 0.3 is 5.97 Å². The minimum Gasteiger partial charge on any atom is -0.460 e. The lowest BCUT2D eigenvalue weighted by molar-refractivity contribution is -0.151. The Labute approximate surface area is 103 Å². The smallest absolute Gasteiger partial charge is 0.379 e. The summed E-state index contributed by atoms with van der Waals surface area (Å²) in [5.74, 6) is -1.48. The van der Waals surface area contributed by atoms with Gasteiger partial charge in [0.15, 0.2) is 0 Å². The molecule has 0 unspecified atom stereocenters. The molecule has 0 spiro atoms. The van der Waals surface area contributed by atoms with E-state index in [4.69, 9.17) is 11.6 Å². The molecule has 0 saturated carbocycles. The van der Waals surface area contributed by atoms with Gasteiger partial charge in [-0.2, -0.15) is 0 Å². The lowest BCUT2D eigenvalue weighted by Gasteiger charge is -2.00. The monoisotopic (exact) mass is 251 g/mol. The fourth-order valence-electron chi connectivity index (χ4n) is 1.65. The van der Waals surface area contributed by atoms with E-state index in [9.17, 15) is 9.59 Å². The number of ketones is 1. The van der Waals surface area contributed by atoms with Gasteiger partial charge in [-0.05, 0) is 25.1 Å². The minimum absolute atomic E-state index is 0.178. The van der Waals surface area contributed by atoms with Gasteiger partial charge in [0.2, 0.25) is 0 Å². The molecule has 0 atom stereocenters. The van der Waals surface area contributed by atoms with Crippen molar-refractivity contribution in [1.82, 2.24) is 0 Å². The van der Waals surface area contributed by atoms with E-state index < -0.39 is 11.8 Å². The van der Waals surface area contributed by atoms with Crippen molar-refractivity contribution in [3.63, 3.8) is 0 Å². The van der Waals surface area contributed by atoms with Crippen molar-refractivity contribution in [2.75, 3.05) is 13.2 Å². The highest BCUT2D eigenvalue weighted by Gasteiger charge is 2.23. The van der Waals surface area contributed by atoms with Crippen LogP contribution in [0.4, 0.5) is 0 Å². The second kappa shape index (κ2) is 4.67. The van der Waals surface area contributed by atoms with Crippen LogP contribution in [0.25, 0.3) is 5.57 Å². The summed E-state index contributed by atoms with van der Waals surface area (Å²) in [6, 6.07) is 5.06. The van der Waals surface area contributed by atoms with Crippen molar-refractivity contribution >= 4 is 28.9 Å². The van der Waals surface area contributed by atoms with E-state index in [0.29, 0.717) is 21.2 Å². The maximum atomic E-state index is 11.8. The summed E-state index contributed by atoms with van der Waals surface area (Å²) in [6.07, 6.45) is 0. The fourth-order valence-corrected chi connectivity index (χ4v) is 1.82. The zero-order valence-electron chi connectivity index (χ0n) is 9.20. The van der Waals surface area contributed by atoms with Gasteiger partial charge in [0.1, 0.15) is 0 Å². The van der Waals surface area contributed by atoms with Crippen LogP contribution in [0, 0.1) is 0 Å². The van der Waals surface area contributed by atoms with E-state index in [1.165, 1.54) is 0 Å². The Hall–Kier alpha value is -1.68. The molecule has 0 bridgehead atoms. The Morgan fingerprint density at radius 1 is 1.47 bits per heavy atom. The average molecular weight is 252 g/mol. The highest BCUT2D eigenvalue weighted by molar-refractivity contribution is 6.49. The van der Waals surface area contributed by atoms with Crippen molar-refractivity contribution in [3.8, 4) is 0 Å². The lowest BCUT2D eigenvalue weighted by Crippen LogP contribution is -2.28. The number of fused-ring (bicyclic) bond motifs is 1. The maximum Gasteiger partial charge on any atom is 0.379 e. The van der Waals surface area contributed by atoms with Gasteiger partial charge in [0, 0.05) is 15.8 Å². The lowest BCUT2D eigenvalue weighted by atomic mass is 10.1. The first-order chi connectivity index (χ1) is 8.13. The Kier molecular flexibility index (Phi) is 3.24. The van der Waals surface area contributed by atoms with Gasteiger partial charge in [-0.25, -0.2) is 4.79 Å². The average Bonchev–Trinajstić information content (AvgIpc) is 2.71. The number of carbonyl (C=O) groups is 2. The third-order valence-electron chi connectivity index (χ3n) is 2.43. The van der Waals surface area contributed by atoms with E-state index in [0.717, 1.165) is 0 Å². The summed E-state index contributed by atoms with van der Waals surface area (Å²) in [6.45, 7) is 2.03. The molecule has 1 aliphatic rings. The molecular formula is C12H10ClNO3. The second-order valence-electron chi connectivity index (χ2n) is 3.51. The van der Waals surface area contributed by atoms with E-state index in [1.807, 2.05) is 0 Å². The first-order valence-electron chi connectivity index (χ1n) is 5.18. The highest BCUT2D eigenvalue weighted by Crippen LogP contribution is 2.06. The molecule has 0 amide bonds. The molecule has 1 aromatic carbocycles. The number of rotatable bonds is 3. The van der Waals surface area contributed by atoms with Crippen LogP contribution in [0.5, 0.6) is 0 Å². The van der Waals surface area contributed by atoms with Gasteiger partial charge in [-0.1, -0.05) is 11.6 Å². The first kappa shape index (κ1) is 11.8. The minimum atomic E-state index is -0.842. The quantitative estimate of drug-likeness (QED) is 0.572. The molecule has 4 nitrogen and oxygen atoms in total. The zero-order chi connectivity index (χ0) is 12.4. The Morgan fingerprint density at radius 3 is 2.94 bits per heavy atom. The first-order valence-corrected chi connectivity index (χ1v) is 5.56. The number of Topliss-reactive ketones (excluding diaryl/α,β-unsaturated/α-hetero) is 1. The number of carbonyl (C=O) groups excluding carboxylic acids is 2. The normalized spacial score (nSPS) is 12.9. The predicted octanol–water partition coefficient (Wildman–Crippen LogP) is 0.256. The second-order valence-corrected chi connectivity index (χ2v) is 3.94. The van der Waals surface area contributed by atoms with Crippen LogP contribution in [0.3, 0.4) is 0 Å². The van der Waals surface area contributed by atoms with Crippen molar-refractivity contribution in [2.24, 2.45) is 4.99 Å². The van der Waals surface area contributed by atoms with E-state index >= 15 is 0 Å². The van der Waals surface area contributed by atoms with Crippen molar-refractivity contribution < 1.29 is 14.3 Å². The fraction of sp³-hybridized carbons (Fsp3) is 0.250. The summed E-state index contributed by atoms with van der Waals surface area (Å²) in [5, 5.41) is 1.81. The van der Waals surface area contributed by atoms with Gasteiger partial charge in [0.25, 0.3) is 5.78 Å². The molecule has 1 aromatic rings. The maximum absolute atomic E-state index is 11.8. The molecule has 2 rings (SSSR count). The molecule has 17 heavy (non-hydrogen) atoms. The summed E-state index contributed by atoms with van der Waals surface area (Å²) in [4.78, 5) is 27.3. The standard InChI is InChI=1S/C12H10ClNO3/c1-2-17-12(16)11(15)9-6-14-10-4-3-7(13)5-8(9)10/h3-5H,2,6H2,1H3. The highest BCUT2D eigenvalue weighted by atomic mass is 35.5. The van der Waals surface area contributed by atoms with Crippen LogP contribution in [0.15, 0.2) is 23.2 Å². The Bertz CT molecular complexity index is 607. The van der Waals surface area contributed by atoms with Gasteiger partial charge in [-0.15, -0.1) is 0 Å².